The number of rotatable bonds is 3. The van der Waals surface area contributed by atoms with Crippen LogP contribution in [0.1, 0.15) is 5.56 Å². The molecule has 0 aliphatic rings. The second-order valence-corrected chi connectivity index (χ2v) is 5.33. The van der Waals surface area contributed by atoms with Gasteiger partial charge < -0.3 is 5.32 Å². The average molecular weight is 307 g/mol. The lowest BCUT2D eigenvalue weighted by atomic mass is 10.1. The van der Waals surface area contributed by atoms with E-state index in [2.05, 4.69) is 17.4 Å². The van der Waals surface area contributed by atoms with E-state index in [-0.39, 0.29) is 5.84 Å². The molecule has 0 amide bonds. The molecule has 3 aromatic carbocycles. The van der Waals surface area contributed by atoms with Gasteiger partial charge in [0.05, 0.1) is 5.02 Å². The van der Waals surface area contributed by atoms with Crippen LogP contribution in [0.15, 0.2) is 78.9 Å². The fraction of sp³-hybridized carbons (Fsp3) is 0. The highest BCUT2D eigenvalue weighted by atomic mass is 35.5. The van der Waals surface area contributed by atoms with Gasteiger partial charge >= 0.3 is 0 Å². The van der Waals surface area contributed by atoms with E-state index >= 15 is 0 Å². The Morgan fingerprint density at radius 2 is 1.32 bits per heavy atom. The van der Waals surface area contributed by atoms with Crippen LogP contribution in [0.25, 0.3) is 11.1 Å². The van der Waals surface area contributed by atoms with E-state index in [9.17, 15) is 0 Å². The normalized spacial score (nSPS) is 10.2. The first-order valence-electron chi connectivity index (χ1n) is 7.00. The Morgan fingerprint density at radius 1 is 0.727 bits per heavy atom. The molecule has 2 nitrogen and oxygen atoms in total. The van der Waals surface area contributed by atoms with Gasteiger partial charge in [0, 0.05) is 11.3 Å². The standard InChI is InChI=1S/C19H15ClN2/c20-18-9-5-4-8-17(18)19(21)22-16-12-10-15(11-13-16)14-6-2-1-3-7-14/h1-13H,(H2,21,22). The Labute approximate surface area is 134 Å². The van der Waals surface area contributed by atoms with Gasteiger partial charge in [-0.15, -0.1) is 0 Å². The van der Waals surface area contributed by atoms with E-state index in [0.29, 0.717) is 10.6 Å². The fourth-order valence-electron chi connectivity index (χ4n) is 2.25. The minimum Gasteiger partial charge on any atom is -0.340 e. The molecule has 0 fully saturated rings. The van der Waals surface area contributed by atoms with Gasteiger partial charge in [0.15, 0.2) is 0 Å². The largest absolute Gasteiger partial charge is 0.340 e. The van der Waals surface area contributed by atoms with E-state index < -0.39 is 0 Å². The highest BCUT2D eigenvalue weighted by Gasteiger charge is 2.06. The van der Waals surface area contributed by atoms with Crippen LogP contribution >= 0.6 is 11.6 Å². The zero-order valence-electron chi connectivity index (χ0n) is 11.9. The summed E-state index contributed by atoms with van der Waals surface area (Å²) in [5.41, 5.74) is 3.88. The second-order valence-electron chi connectivity index (χ2n) is 4.92. The molecular weight excluding hydrogens is 292 g/mol. The van der Waals surface area contributed by atoms with Crippen molar-refractivity contribution in [3.8, 4) is 11.1 Å². The van der Waals surface area contributed by atoms with E-state index in [1.165, 1.54) is 5.56 Å². The monoisotopic (exact) mass is 306 g/mol. The molecule has 0 saturated carbocycles. The predicted octanol–water partition coefficient (Wildman–Crippen LogP) is 5.44. The second kappa shape index (κ2) is 6.46. The predicted molar refractivity (Wildman–Crippen MR) is 93.8 cm³/mol. The van der Waals surface area contributed by atoms with Gasteiger partial charge in [-0.05, 0) is 35.4 Å². The van der Waals surface area contributed by atoms with E-state index in [1.54, 1.807) is 6.07 Å². The van der Waals surface area contributed by atoms with Crippen LogP contribution in [0.2, 0.25) is 5.02 Å². The molecule has 3 heteroatoms. The highest BCUT2D eigenvalue weighted by Crippen LogP contribution is 2.22. The number of halogens is 1. The SMILES string of the molecule is N=C(Nc1ccc(-c2ccccc2)cc1)c1ccccc1Cl. The van der Waals surface area contributed by atoms with Crippen LogP contribution in [-0.2, 0) is 0 Å². The molecule has 0 bridgehead atoms. The number of hydrogen-bond acceptors (Lipinski definition) is 1. The molecule has 0 spiro atoms. The van der Waals surface area contributed by atoms with Gasteiger partial charge in [0.1, 0.15) is 5.84 Å². The molecule has 0 atom stereocenters. The molecule has 0 aromatic heterocycles. The van der Waals surface area contributed by atoms with Crippen molar-refractivity contribution in [1.82, 2.24) is 0 Å². The summed E-state index contributed by atoms with van der Waals surface area (Å²) >= 11 is 6.11. The molecule has 0 unspecified atom stereocenters. The first kappa shape index (κ1) is 14.4. The van der Waals surface area contributed by atoms with Crippen LogP contribution < -0.4 is 5.32 Å². The molecule has 3 aromatic rings. The maximum atomic E-state index is 8.13. The molecule has 108 valence electrons. The minimum atomic E-state index is 0.290. The third-order valence-electron chi connectivity index (χ3n) is 3.40. The van der Waals surface area contributed by atoms with Gasteiger partial charge in [-0.1, -0.05) is 66.2 Å². The van der Waals surface area contributed by atoms with E-state index in [4.69, 9.17) is 17.0 Å². The Kier molecular flexibility index (Phi) is 4.22. The summed E-state index contributed by atoms with van der Waals surface area (Å²) in [6.07, 6.45) is 0. The van der Waals surface area contributed by atoms with Crippen molar-refractivity contribution >= 4 is 23.1 Å². The van der Waals surface area contributed by atoms with Crippen molar-refractivity contribution in [3.05, 3.63) is 89.4 Å². The lowest BCUT2D eigenvalue weighted by molar-refractivity contribution is 1.44. The first-order valence-corrected chi connectivity index (χ1v) is 7.38. The average Bonchev–Trinajstić information content (AvgIpc) is 2.57. The van der Waals surface area contributed by atoms with Gasteiger partial charge in [0.2, 0.25) is 0 Å². The summed E-state index contributed by atoms with van der Waals surface area (Å²) < 4.78 is 0. The minimum absolute atomic E-state index is 0.290. The first-order chi connectivity index (χ1) is 10.7. The van der Waals surface area contributed by atoms with Gasteiger partial charge in [-0.25, -0.2) is 0 Å². The molecule has 0 saturated heterocycles. The Balaban J connectivity index is 1.77. The van der Waals surface area contributed by atoms with Gasteiger partial charge in [-0.3, -0.25) is 5.41 Å². The summed E-state index contributed by atoms with van der Waals surface area (Å²) in [6.45, 7) is 0. The number of hydrogen-bond donors (Lipinski definition) is 2. The summed E-state index contributed by atoms with van der Waals surface area (Å²) in [7, 11) is 0. The van der Waals surface area contributed by atoms with Gasteiger partial charge in [-0.2, -0.15) is 0 Å². The summed E-state index contributed by atoms with van der Waals surface area (Å²) in [5, 5.41) is 11.8. The number of nitrogens with one attached hydrogen (secondary N) is 2. The highest BCUT2D eigenvalue weighted by molar-refractivity contribution is 6.34. The molecule has 0 aliphatic heterocycles. The Hall–Kier alpha value is -2.58. The van der Waals surface area contributed by atoms with Crippen LogP contribution in [-0.4, -0.2) is 5.84 Å². The van der Waals surface area contributed by atoms with E-state index in [1.807, 2.05) is 60.7 Å². The fourth-order valence-corrected chi connectivity index (χ4v) is 2.48. The van der Waals surface area contributed by atoms with Crippen LogP contribution in [0.5, 0.6) is 0 Å². The molecule has 3 rings (SSSR count). The Bertz CT molecular complexity index is 780. The zero-order valence-corrected chi connectivity index (χ0v) is 12.6. The van der Waals surface area contributed by atoms with Crippen LogP contribution in [0, 0.1) is 5.41 Å². The van der Waals surface area contributed by atoms with Gasteiger partial charge in [0.25, 0.3) is 0 Å². The van der Waals surface area contributed by atoms with Crippen LogP contribution in [0.3, 0.4) is 0 Å². The topological polar surface area (TPSA) is 35.9 Å². The molecular formula is C19H15ClN2. The number of benzene rings is 3. The molecule has 0 radical (unpaired) electrons. The summed E-state index contributed by atoms with van der Waals surface area (Å²) in [4.78, 5) is 0. The summed E-state index contributed by atoms with van der Waals surface area (Å²) in [6, 6.07) is 25.6. The van der Waals surface area contributed by atoms with E-state index in [0.717, 1.165) is 11.3 Å². The third-order valence-corrected chi connectivity index (χ3v) is 3.73. The lowest BCUT2D eigenvalue weighted by Gasteiger charge is -2.10. The molecule has 0 heterocycles. The van der Waals surface area contributed by atoms with Crippen molar-refractivity contribution < 1.29 is 0 Å². The number of amidine groups is 1. The molecule has 2 N–H and O–H groups in total. The zero-order chi connectivity index (χ0) is 15.4. The third kappa shape index (κ3) is 3.18. The number of anilines is 1. The maximum absolute atomic E-state index is 8.13. The van der Waals surface area contributed by atoms with Crippen molar-refractivity contribution in [1.29, 1.82) is 5.41 Å². The van der Waals surface area contributed by atoms with Crippen molar-refractivity contribution in [2.24, 2.45) is 0 Å². The van der Waals surface area contributed by atoms with Crippen LogP contribution in [0.4, 0.5) is 5.69 Å². The Morgan fingerprint density at radius 3 is 2.00 bits per heavy atom. The smallest absolute Gasteiger partial charge is 0.131 e. The molecule has 0 aliphatic carbocycles. The molecule has 22 heavy (non-hydrogen) atoms. The maximum Gasteiger partial charge on any atom is 0.131 e. The quantitative estimate of drug-likeness (QED) is 0.490. The van der Waals surface area contributed by atoms with Crippen molar-refractivity contribution in [3.63, 3.8) is 0 Å². The van der Waals surface area contributed by atoms with Crippen molar-refractivity contribution in [2.45, 2.75) is 0 Å². The summed E-state index contributed by atoms with van der Waals surface area (Å²) in [5.74, 6) is 0.290. The van der Waals surface area contributed by atoms with Crippen molar-refractivity contribution in [2.75, 3.05) is 5.32 Å². The lowest BCUT2D eigenvalue weighted by Crippen LogP contribution is -2.12.